The highest BCUT2D eigenvalue weighted by Crippen LogP contribution is 2.36. The molecule has 0 saturated carbocycles. The van der Waals surface area contributed by atoms with Crippen molar-refractivity contribution in [3.05, 3.63) is 53.6 Å². The van der Waals surface area contributed by atoms with Gasteiger partial charge in [0.15, 0.2) is 0 Å². The zero-order valence-corrected chi connectivity index (χ0v) is 14.6. The van der Waals surface area contributed by atoms with Crippen LogP contribution in [0.3, 0.4) is 0 Å². The number of benzene rings is 2. The van der Waals surface area contributed by atoms with Gasteiger partial charge in [-0.25, -0.2) is 0 Å². The lowest BCUT2D eigenvalue weighted by molar-refractivity contribution is 0.00578. The lowest BCUT2D eigenvalue weighted by Gasteiger charge is -2.32. The maximum absolute atomic E-state index is 6.08. The molecule has 1 aliphatic rings. The molecule has 0 amide bonds. The van der Waals surface area contributed by atoms with E-state index in [1.807, 2.05) is 64.1 Å². The van der Waals surface area contributed by atoms with Crippen LogP contribution < -0.4 is 10.2 Å². The van der Waals surface area contributed by atoms with E-state index in [0.29, 0.717) is 5.02 Å². The van der Waals surface area contributed by atoms with E-state index in [2.05, 4.69) is 0 Å². The second kappa shape index (κ2) is 5.86. The first-order valence-electron chi connectivity index (χ1n) is 7.66. The molecule has 0 radical (unpaired) electrons. The van der Waals surface area contributed by atoms with Gasteiger partial charge < -0.3 is 14.0 Å². The maximum Gasteiger partial charge on any atom is 0.494 e. The number of hydrogen-bond donors (Lipinski definition) is 0. The van der Waals surface area contributed by atoms with Crippen molar-refractivity contribution in [1.29, 1.82) is 0 Å². The van der Waals surface area contributed by atoms with E-state index in [4.69, 9.17) is 25.6 Å². The van der Waals surface area contributed by atoms with E-state index < -0.39 is 7.12 Å². The molecule has 3 nitrogen and oxygen atoms in total. The van der Waals surface area contributed by atoms with E-state index in [0.717, 1.165) is 17.0 Å². The van der Waals surface area contributed by atoms with Crippen molar-refractivity contribution in [2.75, 3.05) is 0 Å². The molecule has 5 heteroatoms. The number of hydrogen-bond acceptors (Lipinski definition) is 3. The third kappa shape index (κ3) is 3.39. The fourth-order valence-electron chi connectivity index (χ4n) is 2.34. The normalized spacial score (nSPS) is 18.9. The lowest BCUT2D eigenvalue weighted by Crippen LogP contribution is -2.41. The molecule has 0 spiro atoms. The third-order valence-electron chi connectivity index (χ3n) is 4.43. The van der Waals surface area contributed by atoms with Crippen LogP contribution in [-0.4, -0.2) is 18.3 Å². The summed E-state index contributed by atoms with van der Waals surface area (Å²) in [7, 11) is -0.395. The molecule has 1 saturated heterocycles. The molecule has 0 atom stereocenters. The van der Waals surface area contributed by atoms with Gasteiger partial charge in [-0.1, -0.05) is 23.7 Å². The van der Waals surface area contributed by atoms with Crippen LogP contribution in [0.1, 0.15) is 27.7 Å². The zero-order chi connectivity index (χ0) is 16.7. The standard InChI is InChI=1S/C18H20BClO3/c1-17(2)18(3,4)23-19(22-17)13-6-5-7-16(12-13)21-15-10-8-14(20)9-11-15/h5-12H,1-4H3. The van der Waals surface area contributed by atoms with E-state index in [9.17, 15) is 0 Å². The Morgan fingerprint density at radius 1 is 0.870 bits per heavy atom. The molecule has 2 aromatic carbocycles. The van der Waals surface area contributed by atoms with E-state index in [-0.39, 0.29) is 11.2 Å². The van der Waals surface area contributed by atoms with Crippen molar-refractivity contribution < 1.29 is 14.0 Å². The Kier molecular flexibility index (Phi) is 4.17. The van der Waals surface area contributed by atoms with Gasteiger partial charge in [0.05, 0.1) is 11.2 Å². The Balaban J connectivity index is 1.79. The summed E-state index contributed by atoms with van der Waals surface area (Å²) in [5.74, 6) is 1.47. The molecular weight excluding hydrogens is 310 g/mol. The largest absolute Gasteiger partial charge is 0.494 e. The topological polar surface area (TPSA) is 27.7 Å². The maximum atomic E-state index is 6.08. The smallest absolute Gasteiger partial charge is 0.457 e. The zero-order valence-electron chi connectivity index (χ0n) is 13.8. The highest BCUT2D eigenvalue weighted by molar-refractivity contribution is 6.62. The van der Waals surface area contributed by atoms with E-state index >= 15 is 0 Å². The first-order valence-corrected chi connectivity index (χ1v) is 8.04. The summed E-state index contributed by atoms with van der Waals surface area (Å²) in [5, 5.41) is 0.684. The van der Waals surface area contributed by atoms with Gasteiger partial charge in [0, 0.05) is 5.02 Å². The van der Waals surface area contributed by atoms with Crippen molar-refractivity contribution in [3.8, 4) is 11.5 Å². The highest BCUT2D eigenvalue weighted by atomic mass is 35.5. The fraction of sp³-hybridized carbons (Fsp3) is 0.333. The van der Waals surface area contributed by atoms with E-state index in [1.54, 1.807) is 12.1 Å². The van der Waals surface area contributed by atoms with Gasteiger partial charge in [0.1, 0.15) is 11.5 Å². The van der Waals surface area contributed by atoms with Crippen LogP contribution in [0.4, 0.5) is 0 Å². The Bertz CT molecular complexity index is 682. The second-order valence-electron chi connectivity index (χ2n) is 6.72. The molecule has 0 unspecified atom stereocenters. The second-order valence-corrected chi connectivity index (χ2v) is 7.15. The molecule has 23 heavy (non-hydrogen) atoms. The average molecular weight is 331 g/mol. The summed E-state index contributed by atoms with van der Waals surface area (Å²) in [6.07, 6.45) is 0. The summed E-state index contributed by atoms with van der Waals surface area (Å²) in [4.78, 5) is 0. The van der Waals surface area contributed by atoms with Gasteiger partial charge >= 0.3 is 7.12 Å². The highest BCUT2D eigenvalue weighted by Gasteiger charge is 2.51. The van der Waals surface area contributed by atoms with Crippen molar-refractivity contribution in [2.24, 2.45) is 0 Å². The van der Waals surface area contributed by atoms with Crippen molar-refractivity contribution in [2.45, 2.75) is 38.9 Å². The molecule has 120 valence electrons. The molecule has 1 aliphatic heterocycles. The quantitative estimate of drug-likeness (QED) is 0.779. The van der Waals surface area contributed by atoms with Crippen LogP contribution in [0, 0.1) is 0 Å². The summed E-state index contributed by atoms with van der Waals surface area (Å²) in [5.41, 5.74) is 0.227. The molecular formula is C18H20BClO3. The van der Waals surface area contributed by atoms with Crippen LogP contribution in [0.2, 0.25) is 5.02 Å². The Labute approximate surface area is 142 Å². The summed E-state index contributed by atoms with van der Waals surface area (Å²) >= 11 is 5.89. The predicted molar refractivity (Wildman–Crippen MR) is 93.7 cm³/mol. The molecule has 0 N–H and O–H groups in total. The fourth-order valence-corrected chi connectivity index (χ4v) is 2.47. The van der Waals surface area contributed by atoms with Gasteiger partial charge in [-0.3, -0.25) is 0 Å². The number of ether oxygens (including phenoxy) is 1. The summed E-state index contributed by atoms with van der Waals surface area (Å²) in [6.45, 7) is 8.17. The molecule has 2 aromatic rings. The summed E-state index contributed by atoms with van der Waals surface area (Å²) < 4.78 is 18.0. The van der Waals surface area contributed by atoms with Crippen LogP contribution in [-0.2, 0) is 9.31 Å². The predicted octanol–water partition coefficient (Wildman–Crippen LogP) is 4.43. The first-order chi connectivity index (χ1) is 10.8. The van der Waals surface area contributed by atoms with Gasteiger partial charge in [-0.15, -0.1) is 0 Å². The molecule has 1 fully saturated rings. The minimum Gasteiger partial charge on any atom is -0.457 e. The van der Waals surface area contributed by atoms with Gasteiger partial charge in [-0.2, -0.15) is 0 Å². The Hall–Kier alpha value is -1.49. The van der Waals surface area contributed by atoms with Crippen LogP contribution in [0.5, 0.6) is 11.5 Å². The minimum atomic E-state index is -0.395. The Morgan fingerprint density at radius 2 is 1.48 bits per heavy atom. The average Bonchev–Trinajstić information content (AvgIpc) is 2.70. The molecule has 0 bridgehead atoms. The minimum absolute atomic E-state index is 0.356. The molecule has 1 heterocycles. The van der Waals surface area contributed by atoms with Crippen LogP contribution in [0.15, 0.2) is 48.5 Å². The number of halogens is 1. The Morgan fingerprint density at radius 3 is 2.09 bits per heavy atom. The van der Waals surface area contributed by atoms with Crippen molar-refractivity contribution >= 4 is 24.2 Å². The lowest BCUT2D eigenvalue weighted by atomic mass is 9.79. The van der Waals surface area contributed by atoms with Gasteiger partial charge in [0.2, 0.25) is 0 Å². The van der Waals surface area contributed by atoms with Crippen molar-refractivity contribution in [1.82, 2.24) is 0 Å². The summed E-state index contributed by atoms with van der Waals surface area (Å²) in [6, 6.07) is 15.0. The molecule has 0 aliphatic carbocycles. The van der Waals surface area contributed by atoms with Crippen LogP contribution >= 0.6 is 11.6 Å². The van der Waals surface area contributed by atoms with Crippen molar-refractivity contribution in [3.63, 3.8) is 0 Å². The monoisotopic (exact) mass is 330 g/mol. The van der Waals surface area contributed by atoms with Gasteiger partial charge in [0.25, 0.3) is 0 Å². The molecule has 0 aromatic heterocycles. The molecule has 3 rings (SSSR count). The SMILES string of the molecule is CC1(C)OB(c2cccc(Oc3ccc(Cl)cc3)c2)OC1(C)C. The van der Waals surface area contributed by atoms with E-state index in [1.165, 1.54) is 0 Å². The van der Waals surface area contributed by atoms with Crippen LogP contribution in [0.25, 0.3) is 0 Å². The first kappa shape index (κ1) is 16.4. The number of rotatable bonds is 3. The third-order valence-corrected chi connectivity index (χ3v) is 4.68. The van der Waals surface area contributed by atoms with Gasteiger partial charge in [-0.05, 0) is 69.6 Å².